The predicted molar refractivity (Wildman–Crippen MR) is 76.6 cm³/mol. The van der Waals surface area contributed by atoms with Crippen LogP contribution >= 0.6 is 11.6 Å². The highest BCUT2D eigenvalue weighted by atomic mass is 35.5. The molecular formula is C15H20ClNO2. The molecule has 2 N–H and O–H groups in total. The summed E-state index contributed by atoms with van der Waals surface area (Å²) in [5.41, 5.74) is 2.36. The summed E-state index contributed by atoms with van der Waals surface area (Å²) in [5.74, 6) is 0.532. The molecule has 4 heteroatoms. The first-order valence-corrected chi connectivity index (χ1v) is 7.46. The SMILES string of the molecule is OCCCC[C@H]1Nc2ccc(Cl)cc2[C@H]2OCC[C@H]21. The van der Waals surface area contributed by atoms with E-state index in [2.05, 4.69) is 11.4 Å². The van der Waals surface area contributed by atoms with E-state index in [9.17, 15) is 0 Å². The molecule has 1 aromatic rings. The van der Waals surface area contributed by atoms with Crippen molar-refractivity contribution in [1.82, 2.24) is 0 Å². The zero-order chi connectivity index (χ0) is 13.2. The largest absolute Gasteiger partial charge is 0.396 e. The van der Waals surface area contributed by atoms with Gasteiger partial charge in [0.15, 0.2) is 0 Å². The van der Waals surface area contributed by atoms with Gasteiger partial charge in [-0.05, 0) is 43.9 Å². The first-order valence-electron chi connectivity index (χ1n) is 7.08. The summed E-state index contributed by atoms with van der Waals surface area (Å²) in [4.78, 5) is 0. The fraction of sp³-hybridized carbons (Fsp3) is 0.600. The minimum absolute atomic E-state index is 0.189. The number of ether oxygens (including phenoxy) is 1. The molecule has 0 bridgehead atoms. The van der Waals surface area contributed by atoms with Crippen molar-refractivity contribution in [2.45, 2.75) is 37.8 Å². The van der Waals surface area contributed by atoms with E-state index in [0.717, 1.165) is 43.0 Å². The lowest BCUT2D eigenvalue weighted by Crippen LogP contribution is -2.35. The summed E-state index contributed by atoms with van der Waals surface area (Å²) in [6, 6.07) is 6.45. The van der Waals surface area contributed by atoms with Crippen LogP contribution in [0.5, 0.6) is 0 Å². The summed E-state index contributed by atoms with van der Waals surface area (Å²) in [6.07, 6.45) is 4.32. The van der Waals surface area contributed by atoms with Crippen molar-refractivity contribution in [3.63, 3.8) is 0 Å². The van der Waals surface area contributed by atoms with Gasteiger partial charge in [0.1, 0.15) is 0 Å². The highest BCUT2D eigenvalue weighted by Gasteiger charge is 2.40. The Bertz CT molecular complexity index is 452. The molecule has 0 spiro atoms. The number of fused-ring (bicyclic) bond motifs is 3. The fourth-order valence-corrected chi connectivity index (χ4v) is 3.49. The first-order chi connectivity index (χ1) is 9.29. The molecule has 3 nitrogen and oxygen atoms in total. The molecular weight excluding hydrogens is 262 g/mol. The van der Waals surface area contributed by atoms with E-state index in [1.807, 2.05) is 12.1 Å². The van der Waals surface area contributed by atoms with Gasteiger partial charge in [-0.2, -0.15) is 0 Å². The van der Waals surface area contributed by atoms with E-state index < -0.39 is 0 Å². The van der Waals surface area contributed by atoms with Gasteiger partial charge in [0, 0.05) is 41.4 Å². The summed E-state index contributed by atoms with van der Waals surface area (Å²) < 4.78 is 5.93. The molecule has 3 rings (SSSR count). The van der Waals surface area contributed by atoms with E-state index in [1.54, 1.807) is 0 Å². The van der Waals surface area contributed by atoms with Gasteiger partial charge in [0.25, 0.3) is 0 Å². The highest BCUT2D eigenvalue weighted by Crippen LogP contribution is 2.46. The summed E-state index contributed by atoms with van der Waals surface area (Å²) >= 11 is 6.09. The standard InChI is InChI=1S/C15H20ClNO2/c16-10-4-5-14-12(9-10)15-11(6-8-19-15)13(17-14)3-1-2-7-18/h4-5,9,11,13,15,17-18H,1-3,6-8H2/t11-,13+,15-/m0/s1. The fourth-order valence-electron chi connectivity index (χ4n) is 3.31. The summed E-state index contributed by atoms with van der Waals surface area (Å²) in [5, 5.41) is 13.3. The maximum atomic E-state index is 8.91. The van der Waals surface area contributed by atoms with Crippen molar-refractivity contribution < 1.29 is 9.84 Å². The molecule has 3 atom stereocenters. The molecule has 0 saturated carbocycles. The van der Waals surface area contributed by atoms with Crippen LogP contribution < -0.4 is 5.32 Å². The monoisotopic (exact) mass is 281 g/mol. The molecule has 0 aromatic heterocycles. The van der Waals surface area contributed by atoms with E-state index in [-0.39, 0.29) is 12.7 Å². The second-order valence-corrected chi connectivity index (χ2v) is 5.88. The van der Waals surface area contributed by atoms with Crippen molar-refractivity contribution >= 4 is 17.3 Å². The van der Waals surface area contributed by atoms with Gasteiger partial charge in [0.05, 0.1) is 6.10 Å². The number of hydrogen-bond donors (Lipinski definition) is 2. The lowest BCUT2D eigenvalue weighted by Gasteiger charge is -2.36. The first kappa shape index (κ1) is 13.2. The number of benzene rings is 1. The number of aliphatic hydroxyl groups is 1. The number of nitrogens with one attached hydrogen (secondary N) is 1. The molecule has 0 aliphatic carbocycles. The third-order valence-electron chi connectivity index (χ3n) is 4.24. The van der Waals surface area contributed by atoms with Crippen LogP contribution in [0.15, 0.2) is 18.2 Å². The molecule has 0 radical (unpaired) electrons. The molecule has 2 heterocycles. The van der Waals surface area contributed by atoms with Crippen molar-refractivity contribution in [2.75, 3.05) is 18.5 Å². The minimum Gasteiger partial charge on any atom is -0.396 e. The van der Waals surface area contributed by atoms with Gasteiger partial charge >= 0.3 is 0 Å². The second-order valence-electron chi connectivity index (χ2n) is 5.45. The van der Waals surface area contributed by atoms with Gasteiger partial charge in [-0.15, -0.1) is 0 Å². The number of halogens is 1. The van der Waals surface area contributed by atoms with Crippen molar-refractivity contribution in [3.05, 3.63) is 28.8 Å². The second kappa shape index (κ2) is 5.70. The molecule has 1 fully saturated rings. The third kappa shape index (κ3) is 2.60. The Morgan fingerprint density at radius 2 is 2.26 bits per heavy atom. The smallest absolute Gasteiger partial charge is 0.0893 e. The molecule has 1 aromatic carbocycles. The number of rotatable bonds is 4. The third-order valence-corrected chi connectivity index (χ3v) is 4.47. The van der Waals surface area contributed by atoms with Gasteiger partial charge in [0.2, 0.25) is 0 Å². The summed E-state index contributed by atoms with van der Waals surface area (Å²) in [7, 11) is 0. The van der Waals surface area contributed by atoms with Crippen LogP contribution in [-0.2, 0) is 4.74 Å². The van der Waals surface area contributed by atoms with Crippen molar-refractivity contribution in [2.24, 2.45) is 5.92 Å². The average molecular weight is 282 g/mol. The summed E-state index contributed by atoms with van der Waals surface area (Å²) in [6.45, 7) is 1.11. The maximum absolute atomic E-state index is 8.91. The Balaban J connectivity index is 1.81. The van der Waals surface area contributed by atoms with Crippen LogP contribution in [0.2, 0.25) is 5.02 Å². The Kier molecular flexibility index (Phi) is 3.96. The van der Waals surface area contributed by atoms with Gasteiger partial charge in [-0.25, -0.2) is 0 Å². The van der Waals surface area contributed by atoms with Crippen LogP contribution in [0.1, 0.15) is 37.4 Å². The van der Waals surface area contributed by atoms with E-state index in [1.165, 1.54) is 5.56 Å². The van der Waals surface area contributed by atoms with Crippen molar-refractivity contribution in [3.8, 4) is 0 Å². The van der Waals surface area contributed by atoms with Crippen LogP contribution in [0, 0.1) is 5.92 Å². The van der Waals surface area contributed by atoms with Gasteiger partial charge < -0.3 is 15.2 Å². The zero-order valence-corrected chi connectivity index (χ0v) is 11.7. The normalized spacial score (nSPS) is 28.6. The maximum Gasteiger partial charge on any atom is 0.0893 e. The lowest BCUT2D eigenvalue weighted by atomic mass is 9.82. The Labute approximate surface area is 118 Å². The molecule has 0 amide bonds. The Morgan fingerprint density at radius 1 is 1.37 bits per heavy atom. The van der Waals surface area contributed by atoms with E-state index >= 15 is 0 Å². The quantitative estimate of drug-likeness (QED) is 0.832. The Hall–Kier alpha value is -0.770. The van der Waals surface area contributed by atoms with Crippen LogP contribution in [0.3, 0.4) is 0 Å². The topological polar surface area (TPSA) is 41.5 Å². The molecule has 104 valence electrons. The minimum atomic E-state index is 0.189. The highest BCUT2D eigenvalue weighted by molar-refractivity contribution is 6.30. The van der Waals surface area contributed by atoms with Gasteiger partial charge in [-0.3, -0.25) is 0 Å². The predicted octanol–water partition coefficient (Wildman–Crippen LogP) is 3.37. The average Bonchev–Trinajstić information content (AvgIpc) is 2.89. The Morgan fingerprint density at radius 3 is 3.11 bits per heavy atom. The molecule has 0 unspecified atom stereocenters. The van der Waals surface area contributed by atoms with Gasteiger partial charge in [-0.1, -0.05) is 11.6 Å². The van der Waals surface area contributed by atoms with Crippen LogP contribution in [-0.4, -0.2) is 24.4 Å². The molecule has 2 aliphatic rings. The number of hydrogen-bond acceptors (Lipinski definition) is 3. The number of aliphatic hydroxyl groups excluding tert-OH is 1. The molecule has 2 aliphatic heterocycles. The molecule has 19 heavy (non-hydrogen) atoms. The molecule has 1 saturated heterocycles. The van der Waals surface area contributed by atoms with Crippen LogP contribution in [0.25, 0.3) is 0 Å². The van der Waals surface area contributed by atoms with E-state index in [0.29, 0.717) is 12.0 Å². The number of anilines is 1. The van der Waals surface area contributed by atoms with Crippen molar-refractivity contribution in [1.29, 1.82) is 0 Å². The van der Waals surface area contributed by atoms with Crippen LogP contribution in [0.4, 0.5) is 5.69 Å². The number of unbranched alkanes of at least 4 members (excludes halogenated alkanes) is 1. The van der Waals surface area contributed by atoms with E-state index in [4.69, 9.17) is 21.4 Å². The zero-order valence-electron chi connectivity index (χ0n) is 10.9. The lowest BCUT2D eigenvalue weighted by molar-refractivity contribution is 0.0817.